The molecule has 2 amide bonds. The van der Waals surface area contributed by atoms with Crippen LogP contribution in [0.3, 0.4) is 0 Å². The Balaban J connectivity index is 3.10. The van der Waals surface area contributed by atoms with E-state index in [-0.39, 0.29) is 24.7 Å². The van der Waals surface area contributed by atoms with Crippen LogP contribution in [0.5, 0.6) is 11.5 Å². The van der Waals surface area contributed by atoms with Gasteiger partial charge in [0.25, 0.3) is 0 Å². The number of benzene rings is 1. The van der Waals surface area contributed by atoms with E-state index in [9.17, 15) is 9.59 Å². The first-order valence-electron chi connectivity index (χ1n) is 8.30. The number of para-hydroxylation sites is 2. The standard InChI is InChI=1S/C16H18Cl6N2O6/c1-3-27-13(25)23-11(15(17,18)19)29-9-7-5-6-8-10(9)30-12(16(20,21)22)24-14(26)28-4-2/h5-8,11-12H,3-4H2,1-2H3,(H,23,25)(H,24,26)/t11-,12-/m1/s1. The highest BCUT2D eigenvalue weighted by atomic mass is 35.6. The third kappa shape index (κ3) is 9.49. The van der Waals surface area contributed by atoms with Crippen LogP contribution in [-0.4, -0.2) is 45.4 Å². The van der Waals surface area contributed by atoms with E-state index >= 15 is 0 Å². The normalized spacial score (nSPS) is 13.6. The number of hydrogen-bond acceptors (Lipinski definition) is 6. The van der Waals surface area contributed by atoms with Gasteiger partial charge >= 0.3 is 12.2 Å². The molecule has 8 nitrogen and oxygen atoms in total. The van der Waals surface area contributed by atoms with Crippen LogP contribution < -0.4 is 20.1 Å². The largest absolute Gasteiger partial charge is 0.462 e. The second-order valence-electron chi connectivity index (χ2n) is 5.26. The van der Waals surface area contributed by atoms with E-state index in [1.54, 1.807) is 26.0 Å². The molecule has 0 aliphatic carbocycles. The molecule has 1 aromatic carbocycles. The Kier molecular flexibility index (Phi) is 11.0. The summed E-state index contributed by atoms with van der Waals surface area (Å²) >= 11 is 35.3. The van der Waals surface area contributed by atoms with Crippen molar-refractivity contribution in [3.63, 3.8) is 0 Å². The van der Waals surface area contributed by atoms with E-state index in [0.29, 0.717) is 0 Å². The summed E-state index contributed by atoms with van der Waals surface area (Å²) in [6.07, 6.45) is -4.71. The molecule has 14 heteroatoms. The van der Waals surface area contributed by atoms with E-state index in [1.165, 1.54) is 12.1 Å². The smallest absolute Gasteiger partial charge is 0.410 e. The lowest BCUT2D eigenvalue weighted by Gasteiger charge is -2.29. The quantitative estimate of drug-likeness (QED) is 0.338. The lowest BCUT2D eigenvalue weighted by molar-refractivity contribution is 0.0998. The number of rotatable bonds is 8. The fraction of sp³-hybridized carbons (Fsp3) is 0.500. The lowest BCUT2D eigenvalue weighted by Crippen LogP contribution is -2.49. The van der Waals surface area contributed by atoms with Gasteiger partial charge in [-0.1, -0.05) is 81.7 Å². The third-order valence-electron chi connectivity index (χ3n) is 2.98. The molecule has 2 N–H and O–H groups in total. The Morgan fingerprint density at radius 1 is 0.800 bits per heavy atom. The first kappa shape index (κ1) is 27.1. The topological polar surface area (TPSA) is 95.1 Å². The van der Waals surface area contributed by atoms with Crippen LogP contribution >= 0.6 is 69.6 Å². The predicted molar refractivity (Wildman–Crippen MR) is 116 cm³/mol. The molecular formula is C16H18Cl6N2O6. The fourth-order valence-corrected chi connectivity index (χ4v) is 2.41. The number of carbonyl (C=O) groups is 2. The van der Waals surface area contributed by atoms with Crippen molar-refractivity contribution in [1.29, 1.82) is 0 Å². The first-order valence-corrected chi connectivity index (χ1v) is 10.6. The van der Waals surface area contributed by atoms with Crippen molar-refractivity contribution in [3.05, 3.63) is 24.3 Å². The Bertz CT molecular complexity index is 653. The molecule has 0 spiro atoms. The van der Waals surface area contributed by atoms with Gasteiger partial charge in [-0.2, -0.15) is 0 Å². The van der Waals surface area contributed by atoms with E-state index in [1.807, 2.05) is 0 Å². The van der Waals surface area contributed by atoms with Crippen LogP contribution in [-0.2, 0) is 9.47 Å². The molecule has 170 valence electrons. The number of amides is 2. The highest BCUT2D eigenvalue weighted by molar-refractivity contribution is 6.68. The molecule has 0 saturated heterocycles. The van der Waals surface area contributed by atoms with Crippen molar-refractivity contribution >= 4 is 81.8 Å². The van der Waals surface area contributed by atoms with Gasteiger partial charge in [0.05, 0.1) is 13.2 Å². The maximum Gasteiger partial charge on any atom is 0.410 e. The molecule has 0 unspecified atom stereocenters. The number of halogens is 6. The van der Waals surface area contributed by atoms with Gasteiger partial charge in [0, 0.05) is 0 Å². The van der Waals surface area contributed by atoms with Crippen LogP contribution in [0.2, 0.25) is 0 Å². The third-order valence-corrected chi connectivity index (χ3v) is 4.17. The SMILES string of the molecule is CCOC(=O)N[C@H](Oc1ccccc1O[C@@H](NC(=O)OCC)C(Cl)(Cl)Cl)C(Cl)(Cl)Cl. The van der Waals surface area contributed by atoms with Gasteiger partial charge in [-0.05, 0) is 26.0 Å². The minimum atomic E-state index is -2.09. The number of hydrogen-bond donors (Lipinski definition) is 2. The Morgan fingerprint density at radius 3 is 1.40 bits per heavy atom. The molecule has 0 aliphatic rings. The minimum absolute atomic E-state index is 0.00414. The highest BCUT2D eigenvalue weighted by Gasteiger charge is 2.39. The van der Waals surface area contributed by atoms with Gasteiger partial charge in [-0.3, -0.25) is 10.6 Å². The highest BCUT2D eigenvalue weighted by Crippen LogP contribution is 2.38. The van der Waals surface area contributed by atoms with Gasteiger partial charge in [-0.15, -0.1) is 0 Å². The number of ether oxygens (including phenoxy) is 4. The Hall–Kier alpha value is -0.900. The monoisotopic (exact) mass is 544 g/mol. The Morgan fingerprint density at radius 2 is 1.13 bits per heavy atom. The van der Waals surface area contributed by atoms with Crippen LogP contribution in [0.15, 0.2) is 24.3 Å². The molecule has 0 bridgehead atoms. The molecule has 0 aliphatic heterocycles. The van der Waals surface area contributed by atoms with Crippen LogP contribution in [0.4, 0.5) is 9.59 Å². The summed E-state index contributed by atoms with van der Waals surface area (Å²) in [6.45, 7) is 3.37. The Labute approximate surface area is 203 Å². The summed E-state index contributed by atoms with van der Waals surface area (Å²) in [6, 6.07) is 6.02. The maximum atomic E-state index is 11.7. The van der Waals surface area contributed by atoms with Crippen molar-refractivity contribution in [2.75, 3.05) is 13.2 Å². The summed E-state index contributed by atoms with van der Waals surface area (Å²) in [5.74, 6) is -0.00827. The summed E-state index contributed by atoms with van der Waals surface area (Å²) in [5.41, 5.74) is 0. The number of nitrogens with one attached hydrogen (secondary N) is 2. The van der Waals surface area contributed by atoms with Gasteiger partial charge in [0.1, 0.15) is 0 Å². The zero-order valence-electron chi connectivity index (χ0n) is 15.6. The molecule has 0 aromatic heterocycles. The predicted octanol–water partition coefficient (Wildman–Crippen LogP) is 5.33. The van der Waals surface area contributed by atoms with E-state index in [4.69, 9.17) is 88.6 Å². The zero-order valence-corrected chi connectivity index (χ0v) is 20.1. The fourth-order valence-electron chi connectivity index (χ4n) is 1.81. The van der Waals surface area contributed by atoms with E-state index < -0.39 is 32.2 Å². The van der Waals surface area contributed by atoms with Crippen molar-refractivity contribution in [1.82, 2.24) is 10.6 Å². The number of alkyl halides is 6. The molecule has 2 atom stereocenters. The molecule has 1 rings (SSSR count). The van der Waals surface area contributed by atoms with E-state index in [2.05, 4.69) is 10.6 Å². The second kappa shape index (κ2) is 12.2. The van der Waals surface area contributed by atoms with Gasteiger partial charge < -0.3 is 18.9 Å². The summed E-state index contributed by atoms with van der Waals surface area (Å²) < 4.78 is 16.5. The molecule has 30 heavy (non-hydrogen) atoms. The summed E-state index contributed by atoms with van der Waals surface area (Å²) in [7, 11) is 0. The van der Waals surface area contributed by atoms with E-state index in [0.717, 1.165) is 0 Å². The van der Waals surface area contributed by atoms with Crippen molar-refractivity contribution in [2.45, 2.75) is 33.9 Å². The van der Waals surface area contributed by atoms with Crippen LogP contribution in [0.1, 0.15) is 13.8 Å². The van der Waals surface area contributed by atoms with Crippen LogP contribution in [0, 0.1) is 0 Å². The molecule has 0 saturated carbocycles. The zero-order chi connectivity index (χ0) is 22.9. The van der Waals surface area contributed by atoms with Crippen molar-refractivity contribution < 1.29 is 28.5 Å². The lowest BCUT2D eigenvalue weighted by atomic mass is 10.3. The maximum absolute atomic E-state index is 11.7. The minimum Gasteiger partial charge on any atom is -0.462 e. The van der Waals surface area contributed by atoms with Gasteiger partial charge in [0.2, 0.25) is 20.0 Å². The van der Waals surface area contributed by atoms with Gasteiger partial charge in [-0.25, -0.2) is 9.59 Å². The molecule has 0 heterocycles. The van der Waals surface area contributed by atoms with Crippen molar-refractivity contribution in [2.24, 2.45) is 0 Å². The molecule has 0 radical (unpaired) electrons. The van der Waals surface area contributed by atoms with Crippen LogP contribution in [0.25, 0.3) is 0 Å². The summed E-state index contributed by atoms with van der Waals surface area (Å²) in [5, 5.41) is 4.53. The average Bonchev–Trinajstić information content (AvgIpc) is 2.61. The second-order valence-corrected chi connectivity index (χ2v) is 9.99. The number of carbonyl (C=O) groups excluding carboxylic acids is 2. The number of alkyl carbamates (subject to hydrolysis) is 2. The summed E-state index contributed by atoms with van der Waals surface area (Å²) in [4.78, 5) is 23.5. The molecule has 0 fully saturated rings. The van der Waals surface area contributed by atoms with Gasteiger partial charge in [0.15, 0.2) is 11.5 Å². The molecule has 1 aromatic rings. The average molecular weight is 547 g/mol. The molecular weight excluding hydrogens is 529 g/mol. The van der Waals surface area contributed by atoms with Crippen molar-refractivity contribution in [3.8, 4) is 11.5 Å². The first-order chi connectivity index (χ1) is 13.9.